The molecule has 168 valence electrons. The Labute approximate surface area is 183 Å². The second-order valence-electron chi connectivity index (χ2n) is 8.14. The number of ether oxygens (including phenoxy) is 1. The standard InChI is InChI=1S/C26H23F5O/c1-2-3-4-5-16-6-10-21-18(12-16)7-8-19-13-17(9-11-22(19)21)20-14-23(27)25(24(28)15-20)32-26(29,30)31/h6,9-15H,2-5,7-8H2,1H3. The van der Waals surface area contributed by atoms with Crippen molar-refractivity contribution in [2.75, 3.05) is 0 Å². The fourth-order valence-electron chi connectivity index (χ4n) is 4.30. The molecule has 0 saturated heterocycles. The molecule has 3 aromatic carbocycles. The van der Waals surface area contributed by atoms with Crippen LogP contribution in [0.4, 0.5) is 22.0 Å². The lowest BCUT2D eigenvalue weighted by Crippen LogP contribution is -2.19. The van der Waals surface area contributed by atoms with Crippen LogP contribution in [0.1, 0.15) is 42.9 Å². The van der Waals surface area contributed by atoms with Gasteiger partial charge in [-0.2, -0.15) is 0 Å². The lowest BCUT2D eigenvalue weighted by Gasteiger charge is -2.22. The third-order valence-corrected chi connectivity index (χ3v) is 5.85. The van der Waals surface area contributed by atoms with Gasteiger partial charge in [0.2, 0.25) is 5.75 Å². The average Bonchev–Trinajstić information content (AvgIpc) is 2.75. The van der Waals surface area contributed by atoms with Crippen molar-refractivity contribution in [2.24, 2.45) is 0 Å². The predicted octanol–water partition coefficient (Wildman–Crippen LogP) is 8.03. The van der Waals surface area contributed by atoms with Crippen LogP contribution in [0, 0.1) is 11.6 Å². The Bertz CT molecular complexity index is 1110. The van der Waals surface area contributed by atoms with Gasteiger partial charge in [-0.25, -0.2) is 8.78 Å². The molecule has 0 bridgehead atoms. The van der Waals surface area contributed by atoms with Crippen LogP contribution < -0.4 is 4.74 Å². The molecular weight excluding hydrogens is 423 g/mol. The van der Waals surface area contributed by atoms with Gasteiger partial charge in [-0.3, -0.25) is 0 Å². The Balaban J connectivity index is 1.62. The Hall–Kier alpha value is -2.89. The lowest BCUT2D eigenvalue weighted by molar-refractivity contribution is -0.276. The van der Waals surface area contributed by atoms with Crippen molar-refractivity contribution < 1.29 is 26.7 Å². The van der Waals surface area contributed by atoms with Crippen molar-refractivity contribution in [1.29, 1.82) is 0 Å². The molecule has 6 heteroatoms. The molecule has 0 spiro atoms. The zero-order valence-corrected chi connectivity index (χ0v) is 17.7. The van der Waals surface area contributed by atoms with E-state index in [2.05, 4.69) is 29.9 Å². The number of halogens is 5. The molecule has 0 N–H and O–H groups in total. The SMILES string of the molecule is CCCCCc1ccc2c(c1)CCc1cc(-c3cc(F)c(OC(F)(F)F)c(F)c3)ccc1-2. The molecule has 0 unspecified atom stereocenters. The Morgan fingerprint density at radius 2 is 1.41 bits per heavy atom. The summed E-state index contributed by atoms with van der Waals surface area (Å²) in [5.41, 5.74) is 6.62. The average molecular weight is 446 g/mol. The first kappa shape index (κ1) is 22.3. The van der Waals surface area contributed by atoms with E-state index >= 15 is 0 Å². The summed E-state index contributed by atoms with van der Waals surface area (Å²) in [6, 6.07) is 13.8. The number of fused-ring (bicyclic) bond motifs is 3. The summed E-state index contributed by atoms with van der Waals surface area (Å²) in [5.74, 6) is -4.23. The Morgan fingerprint density at radius 1 is 0.781 bits per heavy atom. The highest BCUT2D eigenvalue weighted by molar-refractivity contribution is 5.77. The number of rotatable bonds is 6. The monoisotopic (exact) mass is 446 g/mol. The maximum Gasteiger partial charge on any atom is 0.573 e. The molecule has 1 aliphatic carbocycles. The van der Waals surface area contributed by atoms with Gasteiger partial charge in [0.25, 0.3) is 0 Å². The van der Waals surface area contributed by atoms with E-state index in [4.69, 9.17) is 0 Å². The van der Waals surface area contributed by atoms with Gasteiger partial charge in [0.05, 0.1) is 0 Å². The molecule has 0 amide bonds. The van der Waals surface area contributed by atoms with Gasteiger partial charge in [-0.15, -0.1) is 13.2 Å². The molecule has 0 heterocycles. The topological polar surface area (TPSA) is 9.23 Å². The van der Waals surface area contributed by atoms with Crippen LogP contribution >= 0.6 is 0 Å². The van der Waals surface area contributed by atoms with E-state index in [-0.39, 0.29) is 5.56 Å². The van der Waals surface area contributed by atoms with Crippen LogP contribution in [0.15, 0.2) is 48.5 Å². The van der Waals surface area contributed by atoms with Crippen molar-refractivity contribution in [1.82, 2.24) is 0 Å². The number of hydrogen-bond donors (Lipinski definition) is 0. The molecule has 4 rings (SSSR count). The van der Waals surface area contributed by atoms with Crippen LogP contribution in [0.5, 0.6) is 5.75 Å². The predicted molar refractivity (Wildman–Crippen MR) is 115 cm³/mol. The highest BCUT2D eigenvalue weighted by atomic mass is 19.4. The lowest BCUT2D eigenvalue weighted by atomic mass is 9.83. The van der Waals surface area contributed by atoms with Crippen molar-refractivity contribution in [3.8, 4) is 28.0 Å². The second-order valence-corrected chi connectivity index (χ2v) is 8.14. The highest BCUT2D eigenvalue weighted by Gasteiger charge is 2.34. The molecule has 0 radical (unpaired) electrons. The van der Waals surface area contributed by atoms with Gasteiger partial charge in [-0.1, -0.05) is 56.2 Å². The van der Waals surface area contributed by atoms with Gasteiger partial charge in [0.15, 0.2) is 11.6 Å². The van der Waals surface area contributed by atoms with Gasteiger partial charge in [0, 0.05) is 0 Å². The molecule has 32 heavy (non-hydrogen) atoms. The summed E-state index contributed by atoms with van der Waals surface area (Å²) in [6.07, 6.45) is 1.13. The summed E-state index contributed by atoms with van der Waals surface area (Å²) in [5, 5.41) is 0. The minimum absolute atomic E-state index is 0.161. The van der Waals surface area contributed by atoms with E-state index < -0.39 is 23.7 Å². The van der Waals surface area contributed by atoms with E-state index in [9.17, 15) is 22.0 Å². The van der Waals surface area contributed by atoms with E-state index in [1.165, 1.54) is 30.4 Å². The zero-order chi connectivity index (χ0) is 22.9. The molecule has 0 saturated carbocycles. The van der Waals surface area contributed by atoms with Crippen LogP contribution in [0.2, 0.25) is 0 Å². The summed E-state index contributed by atoms with van der Waals surface area (Å²) < 4.78 is 68.9. The third kappa shape index (κ3) is 4.79. The highest BCUT2D eigenvalue weighted by Crippen LogP contribution is 2.38. The quantitative estimate of drug-likeness (QED) is 0.275. The molecule has 1 nitrogen and oxygen atoms in total. The summed E-state index contributed by atoms with van der Waals surface area (Å²) in [4.78, 5) is 0. The molecule has 1 aliphatic rings. The molecule has 0 aromatic heterocycles. The largest absolute Gasteiger partial charge is 0.573 e. The van der Waals surface area contributed by atoms with Crippen molar-refractivity contribution >= 4 is 0 Å². The minimum atomic E-state index is -5.17. The van der Waals surface area contributed by atoms with Crippen LogP contribution in [-0.4, -0.2) is 6.36 Å². The summed E-state index contributed by atoms with van der Waals surface area (Å²) >= 11 is 0. The number of aryl methyl sites for hydroxylation is 3. The normalized spacial score (nSPS) is 12.9. The molecule has 0 aliphatic heterocycles. The number of hydrogen-bond acceptors (Lipinski definition) is 1. The van der Waals surface area contributed by atoms with E-state index in [0.717, 1.165) is 48.1 Å². The van der Waals surface area contributed by atoms with E-state index in [1.54, 1.807) is 6.07 Å². The van der Waals surface area contributed by atoms with Crippen molar-refractivity contribution in [3.63, 3.8) is 0 Å². The Kier molecular flexibility index (Phi) is 6.22. The maximum atomic E-state index is 14.1. The van der Waals surface area contributed by atoms with Gasteiger partial charge in [-0.05, 0) is 76.8 Å². The maximum absolute atomic E-state index is 14.1. The molecule has 0 atom stereocenters. The first-order valence-corrected chi connectivity index (χ1v) is 10.8. The van der Waals surface area contributed by atoms with Gasteiger partial charge < -0.3 is 4.74 Å². The fourth-order valence-corrected chi connectivity index (χ4v) is 4.30. The molecular formula is C26H23F5O. The van der Waals surface area contributed by atoms with Gasteiger partial charge in [0.1, 0.15) is 0 Å². The number of unbranched alkanes of at least 4 members (excludes halogenated alkanes) is 2. The fraction of sp³-hybridized carbons (Fsp3) is 0.308. The van der Waals surface area contributed by atoms with Crippen LogP contribution in [0.3, 0.4) is 0 Å². The number of alkyl halides is 3. The third-order valence-electron chi connectivity index (χ3n) is 5.85. The summed E-state index contributed by atoms with van der Waals surface area (Å²) in [7, 11) is 0. The molecule has 0 fully saturated rings. The van der Waals surface area contributed by atoms with E-state index in [0.29, 0.717) is 5.56 Å². The van der Waals surface area contributed by atoms with Gasteiger partial charge >= 0.3 is 6.36 Å². The first-order chi connectivity index (χ1) is 15.2. The Morgan fingerprint density at radius 3 is 2.03 bits per heavy atom. The first-order valence-electron chi connectivity index (χ1n) is 10.8. The minimum Gasteiger partial charge on any atom is -0.399 e. The molecule has 3 aromatic rings. The van der Waals surface area contributed by atoms with E-state index in [1.807, 2.05) is 12.1 Å². The van der Waals surface area contributed by atoms with Crippen LogP contribution in [-0.2, 0) is 19.3 Å². The van der Waals surface area contributed by atoms with Crippen molar-refractivity contribution in [2.45, 2.75) is 51.8 Å². The van der Waals surface area contributed by atoms with Crippen LogP contribution in [0.25, 0.3) is 22.3 Å². The number of benzene rings is 3. The zero-order valence-electron chi connectivity index (χ0n) is 17.7. The smallest absolute Gasteiger partial charge is 0.399 e. The second kappa shape index (κ2) is 8.93. The van der Waals surface area contributed by atoms with Crippen molar-refractivity contribution in [3.05, 3.63) is 76.9 Å². The summed E-state index contributed by atoms with van der Waals surface area (Å²) in [6.45, 7) is 2.19.